The monoisotopic (exact) mass is 221 g/mol. The van der Waals surface area contributed by atoms with Gasteiger partial charge in [0.15, 0.2) is 0 Å². The van der Waals surface area contributed by atoms with E-state index in [1.165, 1.54) is 5.56 Å². The van der Waals surface area contributed by atoms with Gasteiger partial charge in [-0.05, 0) is 31.2 Å². The Morgan fingerprint density at radius 2 is 1.88 bits per heavy atom. The van der Waals surface area contributed by atoms with Crippen molar-refractivity contribution in [3.63, 3.8) is 0 Å². The highest BCUT2D eigenvalue weighted by Gasteiger charge is 2.06. The zero-order valence-electron chi connectivity index (χ0n) is 10.3. The summed E-state index contributed by atoms with van der Waals surface area (Å²) in [5, 5.41) is 12.2. The SMILES string of the molecule is CC(CCCO)NCC(C)c1ccccc1. The molecule has 1 aromatic rings. The summed E-state index contributed by atoms with van der Waals surface area (Å²) in [7, 11) is 0. The van der Waals surface area contributed by atoms with Crippen LogP contribution in [0.1, 0.15) is 38.2 Å². The van der Waals surface area contributed by atoms with Crippen LogP contribution in [0.15, 0.2) is 30.3 Å². The zero-order chi connectivity index (χ0) is 11.8. The van der Waals surface area contributed by atoms with Gasteiger partial charge in [-0.15, -0.1) is 0 Å². The lowest BCUT2D eigenvalue weighted by Crippen LogP contribution is -2.29. The molecule has 1 rings (SSSR count). The normalized spacial score (nSPS) is 14.7. The number of aliphatic hydroxyl groups excluding tert-OH is 1. The van der Waals surface area contributed by atoms with Crippen LogP contribution in [0, 0.1) is 0 Å². The molecule has 0 aliphatic heterocycles. The van der Waals surface area contributed by atoms with E-state index in [0.717, 1.165) is 19.4 Å². The Balaban J connectivity index is 2.27. The molecule has 0 spiro atoms. The van der Waals surface area contributed by atoms with E-state index in [1.54, 1.807) is 0 Å². The van der Waals surface area contributed by atoms with Crippen molar-refractivity contribution in [2.75, 3.05) is 13.2 Å². The number of benzene rings is 1. The van der Waals surface area contributed by atoms with Crippen molar-refractivity contribution in [2.24, 2.45) is 0 Å². The van der Waals surface area contributed by atoms with E-state index in [0.29, 0.717) is 18.6 Å². The fourth-order valence-electron chi connectivity index (χ4n) is 1.78. The Morgan fingerprint density at radius 1 is 1.19 bits per heavy atom. The van der Waals surface area contributed by atoms with Gasteiger partial charge < -0.3 is 10.4 Å². The van der Waals surface area contributed by atoms with Gasteiger partial charge in [0.05, 0.1) is 0 Å². The van der Waals surface area contributed by atoms with Crippen molar-refractivity contribution in [1.82, 2.24) is 5.32 Å². The molecule has 2 heteroatoms. The predicted molar refractivity (Wildman–Crippen MR) is 68.6 cm³/mol. The lowest BCUT2D eigenvalue weighted by molar-refractivity contribution is 0.276. The van der Waals surface area contributed by atoms with Crippen molar-refractivity contribution in [2.45, 2.75) is 38.6 Å². The maximum Gasteiger partial charge on any atom is 0.0431 e. The van der Waals surface area contributed by atoms with E-state index in [4.69, 9.17) is 5.11 Å². The van der Waals surface area contributed by atoms with E-state index >= 15 is 0 Å². The molecule has 1 aromatic carbocycles. The summed E-state index contributed by atoms with van der Waals surface area (Å²) in [6.45, 7) is 5.70. The zero-order valence-corrected chi connectivity index (χ0v) is 10.3. The van der Waals surface area contributed by atoms with Crippen molar-refractivity contribution < 1.29 is 5.11 Å². The molecule has 0 aliphatic carbocycles. The molecule has 2 atom stereocenters. The highest BCUT2D eigenvalue weighted by Crippen LogP contribution is 2.13. The highest BCUT2D eigenvalue weighted by atomic mass is 16.2. The molecule has 0 aliphatic rings. The molecular weight excluding hydrogens is 198 g/mol. The van der Waals surface area contributed by atoms with Crippen LogP contribution >= 0.6 is 0 Å². The fraction of sp³-hybridized carbons (Fsp3) is 0.571. The first kappa shape index (κ1) is 13.2. The first-order valence-electron chi connectivity index (χ1n) is 6.13. The summed E-state index contributed by atoms with van der Waals surface area (Å²) in [6.07, 6.45) is 1.92. The minimum atomic E-state index is 0.292. The first-order valence-corrected chi connectivity index (χ1v) is 6.13. The Bertz CT molecular complexity index is 273. The van der Waals surface area contributed by atoms with E-state index in [9.17, 15) is 0 Å². The summed E-state index contributed by atoms with van der Waals surface area (Å²) in [6, 6.07) is 11.0. The Morgan fingerprint density at radius 3 is 2.50 bits per heavy atom. The summed E-state index contributed by atoms with van der Waals surface area (Å²) < 4.78 is 0. The Kier molecular flexibility index (Phi) is 6.12. The lowest BCUT2D eigenvalue weighted by atomic mass is 10.0. The van der Waals surface area contributed by atoms with Crippen LogP contribution in [0.3, 0.4) is 0 Å². The van der Waals surface area contributed by atoms with Gasteiger partial charge in [0.1, 0.15) is 0 Å². The van der Waals surface area contributed by atoms with Gasteiger partial charge in [0.25, 0.3) is 0 Å². The minimum Gasteiger partial charge on any atom is -0.396 e. The summed E-state index contributed by atoms with van der Waals surface area (Å²) >= 11 is 0. The van der Waals surface area contributed by atoms with Crippen molar-refractivity contribution >= 4 is 0 Å². The number of hydrogen-bond donors (Lipinski definition) is 2. The molecule has 2 nitrogen and oxygen atoms in total. The topological polar surface area (TPSA) is 32.3 Å². The number of hydrogen-bond acceptors (Lipinski definition) is 2. The number of aliphatic hydroxyl groups is 1. The van der Waals surface area contributed by atoms with Gasteiger partial charge in [0, 0.05) is 19.2 Å². The smallest absolute Gasteiger partial charge is 0.0431 e. The average Bonchev–Trinajstić information content (AvgIpc) is 2.34. The second-order valence-electron chi connectivity index (χ2n) is 4.49. The molecular formula is C14H23NO. The molecule has 0 fully saturated rings. The third-order valence-electron chi connectivity index (χ3n) is 2.94. The highest BCUT2D eigenvalue weighted by molar-refractivity contribution is 5.18. The largest absolute Gasteiger partial charge is 0.396 e. The second-order valence-corrected chi connectivity index (χ2v) is 4.49. The third-order valence-corrected chi connectivity index (χ3v) is 2.94. The summed E-state index contributed by atoms with van der Waals surface area (Å²) in [5.41, 5.74) is 1.38. The predicted octanol–water partition coefficient (Wildman–Crippen LogP) is 2.54. The van der Waals surface area contributed by atoms with Crippen LogP contribution in [0.2, 0.25) is 0 Å². The van der Waals surface area contributed by atoms with Crippen LogP contribution in [0.5, 0.6) is 0 Å². The Labute approximate surface area is 98.7 Å². The molecule has 0 saturated heterocycles. The first-order chi connectivity index (χ1) is 7.74. The van der Waals surface area contributed by atoms with Crippen molar-refractivity contribution in [3.8, 4) is 0 Å². The van der Waals surface area contributed by atoms with E-state index in [-0.39, 0.29) is 0 Å². The second kappa shape index (κ2) is 7.42. The van der Waals surface area contributed by atoms with Gasteiger partial charge >= 0.3 is 0 Å². The molecule has 0 bridgehead atoms. The molecule has 0 heterocycles. The van der Waals surface area contributed by atoms with Crippen molar-refractivity contribution in [1.29, 1.82) is 0 Å². The van der Waals surface area contributed by atoms with Gasteiger partial charge in [0.2, 0.25) is 0 Å². The van der Waals surface area contributed by atoms with Crippen LogP contribution in [-0.2, 0) is 0 Å². The van der Waals surface area contributed by atoms with Crippen LogP contribution in [0.25, 0.3) is 0 Å². The van der Waals surface area contributed by atoms with Crippen LogP contribution in [-0.4, -0.2) is 24.3 Å². The summed E-state index contributed by atoms with van der Waals surface area (Å²) in [5.74, 6) is 0.540. The van der Waals surface area contributed by atoms with E-state index in [1.807, 2.05) is 6.07 Å². The molecule has 2 N–H and O–H groups in total. The quantitative estimate of drug-likeness (QED) is 0.741. The fourth-order valence-corrected chi connectivity index (χ4v) is 1.78. The van der Waals surface area contributed by atoms with Crippen LogP contribution in [0.4, 0.5) is 0 Å². The average molecular weight is 221 g/mol. The maximum atomic E-state index is 8.74. The molecule has 0 amide bonds. The molecule has 90 valence electrons. The van der Waals surface area contributed by atoms with Gasteiger partial charge in [-0.25, -0.2) is 0 Å². The van der Waals surface area contributed by atoms with Gasteiger partial charge in [-0.3, -0.25) is 0 Å². The molecule has 16 heavy (non-hydrogen) atoms. The number of nitrogens with one attached hydrogen (secondary N) is 1. The summed E-state index contributed by atoms with van der Waals surface area (Å²) in [4.78, 5) is 0. The minimum absolute atomic E-state index is 0.292. The van der Waals surface area contributed by atoms with Crippen LogP contribution < -0.4 is 5.32 Å². The lowest BCUT2D eigenvalue weighted by Gasteiger charge is -2.17. The third kappa shape index (κ3) is 4.77. The Hall–Kier alpha value is -0.860. The standard InChI is InChI=1S/C14H23NO/c1-12(14-8-4-3-5-9-14)11-15-13(2)7-6-10-16/h3-5,8-9,12-13,15-16H,6-7,10-11H2,1-2H3. The maximum absolute atomic E-state index is 8.74. The molecule has 2 unspecified atom stereocenters. The van der Waals surface area contributed by atoms with Gasteiger partial charge in [-0.1, -0.05) is 37.3 Å². The molecule has 0 saturated carbocycles. The van der Waals surface area contributed by atoms with E-state index < -0.39 is 0 Å². The van der Waals surface area contributed by atoms with Gasteiger partial charge in [-0.2, -0.15) is 0 Å². The molecule has 0 radical (unpaired) electrons. The number of rotatable bonds is 7. The van der Waals surface area contributed by atoms with Crippen molar-refractivity contribution in [3.05, 3.63) is 35.9 Å². The van der Waals surface area contributed by atoms with E-state index in [2.05, 4.69) is 43.4 Å². The molecule has 0 aromatic heterocycles.